The van der Waals surface area contributed by atoms with Crippen molar-refractivity contribution in [1.82, 2.24) is 0 Å². The number of nitrogen functional groups attached to an aromatic ring is 1. The van der Waals surface area contributed by atoms with Crippen molar-refractivity contribution < 1.29 is 8.42 Å². The highest BCUT2D eigenvalue weighted by molar-refractivity contribution is 9.10. The Hall–Kier alpha value is -0.850. The molecular weight excluding hydrogens is 322 g/mol. The molecule has 0 radical (unpaired) electrons. The van der Waals surface area contributed by atoms with Crippen LogP contribution in [0.1, 0.15) is 5.56 Å². The molecule has 0 bridgehead atoms. The third kappa shape index (κ3) is 2.88. The predicted molar refractivity (Wildman–Crippen MR) is 73.8 cm³/mol. The quantitative estimate of drug-likeness (QED) is 0.879. The molecule has 17 heavy (non-hydrogen) atoms. The molecule has 0 fully saturated rings. The van der Waals surface area contributed by atoms with Crippen LogP contribution in [0.4, 0.5) is 5.69 Å². The van der Waals surface area contributed by atoms with Gasteiger partial charge in [0.1, 0.15) is 4.21 Å². The minimum atomic E-state index is -3.25. The lowest BCUT2D eigenvalue weighted by atomic mass is 10.2. The summed E-state index contributed by atoms with van der Waals surface area (Å²) in [5, 5.41) is 1.75. The van der Waals surface area contributed by atoms with Gasteiger partial charge in [0, 0.05) is 10.2 Å². The topological polar surface area (TPSA) is 60.2 Å². The molecule has 2 rings (SSSR count). The fraction of sp³-hybridized carbons (Fsp3) is 0.0909. The smallest absolute Gasteiger partial charge is 0.191 e. The molecule has 2 aromatic rings. The van der Waals surface area contributed by atoms with Gasteiger partial charge in [0.2, 0.25) is 0 Å². The molecule has 0 saturated heterocycles. The second-order valence-corrected chi connectivity index (χ2v) is 7.57. The van der Waals surface area contributed by atoms with Crippen molar-refractivity contribution in [2.24, 2.45) is 0 Å². The number of benzene rings is 1. The van der Waals surface area contributed by atoms with Gasteiger partial charge in [-0.05, 0) is 45.1 Å². The van der Waals surface area contributed by atoms with Crippen LogP contribution >= 0.6 is 27.3 Å². The van der Waals surface area contributed by atoms with E-state index in [-0.39, 0.29) is 5.75 Å². The first-order valence-electron chi connectivity index (χ1n) is 4.79. The first-order chi connectivity index (χ1) is 7.99. The SMILES string of the molecule is Nc1cc(CS(=O)(=O)c2cccs2)ccc1Br. The van der Waals surface area contributed by atoms with Crippen LogP contribution in [0, 0.1) is 0 Å². The number of halogens is 1. The lowest BCUT2D eigenvalue weighted by Gasteiger charge is -2.04. The van der Waals surface area contributed by atoms with Crippen molar-refractivity contribution in [3.05, 3.63) is 45.7 Å². The molecule has 0 saturated carbocycles. The maximum atomic E-state index is 12.0. The van der Waals surface area contributed by atoms with Crippen molar-refractivity contribution in [1.29, 1.82) is 0 Å². The van der Waals surface area contributed by atoms with E-state index >= 15 is 0 Å². The van der Waals surface area contributed by atoms with Gasteiger partial charge in [-0.1, -0.05) is 12.1 Å². The van der Waals surface area contributed by atoms with Gasteiger partial charge in [-0.15, -0.1) is 11.3 Å². The Kier molecular flexibility index (Phi) is 3.56. The fourth-order valence-electron chi connectivity index (χ4n) is 1.41. The molecule has 1 heterocycles. The zero-order valence-corrected chi connectivity index (χ0v) is 12.0. The predicted octanol–water partition coefficient (Wildman–Crippen LogP) is 3.07. The van der Waals surface area contributed by atoms with Crippen LogP contribution in [0.3, 0.4) is 0 Å². The Bertz CT molecular complexity index is 621. The molecule has 0 amide bonds. The largest absolute Gasteiger partial charge is 0.398 e. The van der Waals surface area contributed by atoms with Crippen LogP contribution in [0.25, 0.3) is 0 Å². The van der Waals surface area contributed by atoms with E-state index in [0.717, 1.165) is 4.47 Å². The Morgan fingerprint density at radius 1 is 1.29 bits per heavy atom. The van der Waals surface area contributed by atoms with Gasteiger partial charge < -0.3 is 5.73 Å². The molecule has 0 aliphatic carbocycles. The molecule has 90 valence electrons. The second-order valence-electron chi connectivity index (χ2n) is 3.55. The monoisotopic (exact) mass is 331 g/mol. The molecular formula is C11H10BrNO2S2. The van der Waals surface area contributed by atoms with Crippen LogP contribution in [-0.2, 0) is 15.6 Å². The lowest BCUT2D eigenvalue weighted by Crippen LogP contribution is -2.03. The van der Waals surface area contributed by atoms with Crippen LogP contribution < -0.4 is 5.73 Å². The summed E-state index contributed by atoms with van der Waals surface area (Å²) >= 11 is 4.50. The van der Waals surface area contributed by atoms with Gasteiger partial charge in [0.05, 0.1) is 5.75 Å². The van der Waals surface area contributed by atoms with Crippen molar-refractivity contribution >= 4 is 42.8 Å². The van der Waals surface area contributed by atoms with Gasteiger partial charge in [0.15, 0.2) is 9.84 Å². The molecule has 0 spiro atoms. The normalized spacial score (nSPS) is 11.6. The maximum absolute atomic E-state index is 12.0. The molecule has 1 aromatic carbocycles. The van der Waals surface area contributed by atoms with Crippen molar-refractivity contribution in [3.63, 3.8) is 0 Å². The number of thiophene rings is 1. The van der Waals surface area contributed by atoms with Gasteiger partial charge >= 0.3 is 0 Å². The Balaban J connectivity index is 2.30. The number of hydrogen-bond donors (Lipinski definition) is 1. The van der Waals surface area contributed by atoms with Crippen LogP contribution in [0.15, 0.2) is 44.4 Å². The van der Waals surface area contributed by atoms with Crippen LogP contribution in [0.2, 0.25) is 0 Å². The van der Waals surface area contributed by atoms with E-state index in [2.05, 4.69) is 15.9 Å². The summed E-state index contributed by atoms with van der Waals surface area (Å²) < 4.78 is 25.2. The molecule has 2 N–H and O–H groups in total. The van der Waals surface area contributed by atoms with E-state index in [1.54, 1.807) is 35.7 Å². The molecule has 0 atom stereocenters. The highest BCUT2D eigenvalue weighted by Crippen LogP contribution is 2.25. The number of nitrogens with two attached hydrogens (primary N) is 1. The van der Waals surface area contributed by atoms with Gasteiger partial charge in [-0.3, -0.25) is 0 Å². The average Bonchev–Trinajstić information content (AvgIpc) is 2.77. The van der Waals surface area contributed by atoms with Gasteiger partial charge in [-0.2, -0.15) is 0 Å². The first kappa shape index (κ1) is 12.6. The van der Waals surface area contributed by atoms with Crippen LogP contribution in [0.5, 0.6) is 0 Å². The molecule has 0 aliphatic heterocycles. The van der Waals surface area contributed by atoms with Crippen molar-refractivity contribution in [2.45, 2.75) is 9.96 Å². The summed E-state index contributed by atoms with van der Waals surface area (Å²) in [6, 6.07) is 8.53. The van der Waals surface area contributed by atoms with Crippen molar-refractivity contribution in [2.75, 3.05) is 5.73 Å². The van der Waals surface area contributed by atoms with Gasteiger partial charge in [0.25, 0.3) is 0 Å². The zero-order chi connectivity index (χ0) is 12.5. The molecule has 3 nitrogen and oxygen atoms in total. The summed E-state index contributed by atoms with van der Waals surface area (Å²) in [4.78, 5) is 0. The highest BCUT2D eigenvalue weighted by Gasteiger charge is 2.16. The first-order valence-corrected chi connectivity index (χ1v) is 8.12. The fourth-order valence-corrected chi connectivity index (χ4v) is 4.09. The number of sulfone groups is 1. The standard InChI is InChI=1S/C11H10BrNO2S2/c12-9-4-3-8(6-10(9)13)7-17(14,15)11-2-1-5-16-11/h1-6H,7,13H2. The lowest BCUT2D eigenvalue weighted by molar-refractivity contribution is 0.597. The summed E-state index contributed by atoms with van der Waals surface area (Å²) in [5.41, 5.74) is 6.96. The average molecular weight is 332 g/mol. The van der Waals surface area contributed by atoms with Crippen LogP contribution in [-0.4, -0.2) is 8.42 Å². The van der Waals surface area contributed by atoms with E-state index in [4.69, 9.17) is 5.73 Å². The minimum absolute atomic E-state index is 0.0228. The van der Waals surface area contributed by atoms with E-state index in [9.17, 15) is 8.42 Å². The number of rotatable bonds is 3. The molecule has 1 aromatic heterocycles. The van der Waals surface area contributed by atoms with Crippen molar-refractivity contribution in [3.8, 4) is 0 Å². The second kappa shape index (κ2) is 4.80. The Morgan fingerprint density at radius 3 is 2.65 bits per heavy atom. The molecule has 6 heteroatoms. The summed E-state index contributed by atoms with van der Waals surface area (Å²) in [6.45, 7) is 0. The summed E-state index contributed by atoms with van der Waals surface area (Å²) in [7, 11) is -3.25. The zero-order valence-electron chi connectivity index (χ0n) is 8.76. The third-order valence-corrected chi connectivity index (χ3v) is 6.12. The minimum Gasteiger partial charge on any atom is -0.398 e. The van der Waals surface area contributed by atoms with E-state index in [1.165, 1.54) is 11.3 Å². The number of anilines is 1. The highest BCUT2D eigenvalue weighted by atomic mass is 79.9. The third-order valence-electron chi connectivity index (χ3n) is 2.22. The molecule has 0 aliphatic rings. The van der Waals surface area contributed by atoms with Gasteiger partial charge in [-0.25, -0.2) is 8.42 Å². The number of hydrogen-bond acceptors (Lipinski definition) is 4. The van der Waals surface area contributed by atoms with E-state index in [0.29, 0.717) is 15.5 Å². The van der Waals surface area contributed by atoms with E-state index < -0.39 is 9.84 Å². The Morgan fingerprint density at radius 2 is 2.06 bits per heavy atom. The molecule has 0 unspecified atom stereocenters. The summed E-state index contributed by atoms with van der Waals surface area (Å²) in [6.07, 6.45) is 0. The Labute approximate surface area is 112 Å². The van der Waals surface area contributed by atoms with E-state index in [1.807, 2.05) is 0 Å². The summed E-state index contributed by atoms with van der Waals surface area (Å²) in [5.74, 6) is -0.0228. The maximum Gasteiger partial charge on any atom is 0.191 e.